The van der Waals surface area contributed by atoms with Crippen molar-refractivity contribution in [2.24, 2.45) is 11.8 Å². The van der Waals surface area contributed by atoms with Crippen molar-refractivity contribution >= 4 is 27.8 Å². The molecule has 1 unspecified atom stereocenters. The van der Waals surface area contributed by atoms with E-state index in [4.69, 9.17) is 5.11 Å². The smallest absolute Gasteiger partial charge is 0.326 e. The molecule has 9 nitrogen and oxygen atoms in total. The lowest BCUT2D eigenvalue weighted by atomic mass is 9.99. The molecular formula is C16H29N3O6S. The molecule has 2 atom stereocenters. The molecule has 0 aromatic rings. The highest BCUT2D eigenvalue weighted by Crippen LogP contribution is 2.19. The van der Waals surface area contributed by atoms with Crippen LogP contribution < -0.4 is 10.6 Å². The van der Waals surface area contributed by atoms with E-state index < -0.39 is 39.8 Å². The fraction of sp³-hybridized carbons (Fsp3) is 0.812. The average Bonchev–Trinajstić information content (AvgIpc) is 2.58. The minimum absolute atomic E-state index is 0.0177. The van der Waals surface area contributed by atoms with E-state index in [0.717, 1.165) is 0 Å². The van der Waals surface area contributed by atoms with Crippen molar-refractivity contribution in [1.82, 2.24) is 14.9 Å². The van der Waals surface area contributed by atoms with Crippen molar-refractivity contribution in [2.75, 3.05) is 25.4 Å². The number of carboxylic acids is 1. The molecule has 0 aromatic carbocycles. The molecule has 0 spiro atoms. The maximum absolute atomic E-state index is 12.2. The average molecular weight is 391 g/mol. The molecule has 1 rings (SSSR count). The number of carbonyl (C=O) groups is 3. The summed E-state index contributed by atoms with van der Waals surface area (Å²) in [5.74, 6) is -2.53. The highest BCUT2D eigenvalue weighted by Gasteiger charge is 2.31. The van der Waals surface area contributed by atoms with Gasteiger partial charge in [0.15, 0.2) is 0 Å². The van der Waals surface area contributed by atoms with Crippen molar-refractivity contribution in [3.63, 3.8) is 0 Å². The van der Waals surface area contributed by atoms with E-state index >= 15 is 0 Å². The largest absolute Gasteiger partial charge is 0.480 e. The van der Waals surface area contributed by atoms with Gasteiger partial charge < -0.3 is 15.7 Å². The van der Waals surface area contributed by atoms with E-state index in [0.29, 0.717) is 25.8 Å². The summed E-state index contributed by atoms with van der Waals surface area (Å²) in [6.07, 6.45) is 1.43. The number of sulfonamides is 1. The summed E-state index contributed by atoms with van der Waals surface area (Å²) in [4.78, 5) is 35.3. The van der Waals surface area contributed by atoms with Gasteiger partial charge in [-0.15, -0.1) is 0 Å². The van der Waals surface area contributed by atoms with Gasteiger partial charge in [-0.05, 0) is 32.1 Å². The number of carboxylic acid groups (broad SMARTS) is 1. The predicted octanol–water partition coefficient (Wildman–Crippen LogP) is -0.220. The Kier molecular flexibility index (Phi) is 8.48. The van der Waals surface area contributed by atoms with Gasteiger partial charge in [0, 0.05) is 13.1 Å². The van der Waals surface area contributed by atoms with E-state index in [1.165, 1.54) is 4.31 Å². The highest BCUT2D eigenvalue weighted by atomic mass is 32.2. The molecule has 1 aliphatic heterocycles. The van der Waals surface area contributed by atoms with Gasteiger partial charge in [0.25, 0.3) is 0 Å². The fourth-order valence-corrected chi connectivity index (χ4v) is 4.02. The molecule has 1 heterocycles. The molecule has 1 saturated heterocycles. The summed E-state index contributed by atoms with van der Waals surface area (Å²) < 4.78 is 25.2. The third-order valence-corrected chi connectivity index (χ3v) is 6.12. The Morgan fingerprint density at radius 2 is 1.92 bits per heavy atom. The monoisotopic (exact) mass is 391 g/mol. The maximum Gasteiger partial charge on any atom is 0.326 e. The quantitative estimate of drug-likeness (QED) is 0.498. The van der Waals surface area contributed by atoms with Gasteiger partial charge in [-0.2, -0.15) is 0 Å². The summed E-state index contributed by atoms with van der Waals surface area (Å²) >= 11 is 0. The van der Waals surface area contributed by atoms with E-state index in [2.05, 4.69) is 10.6 Å². The van der Waals surface area contributed by atoms with Crippen molar-refractivity contribution in [1.29, 1.82) is 0 Å². The van der Waals surface area contributed by atoms with Gasteiger partial charge in [0.2, 0.25) is 21.8 Å². The molecule has 10 heteroatoms. The first-order valence-electron chi connectivity index (χ1n) is 8.84. The van der Waals surface area contributed by atoms with Crippen molar-refractivity contribution in [2.45, 2.75) is 46.1 Å². The first-order chi connectivity index (χ1) is 12.1. The van der Waals surface area contributed by atoms with Crippen LogP contribution in [0, 0.1) is 11.8 Å². The molecule has 26 heavy (non-hydrogen) atoms. The van der Waals surface area contributed by atoms with Crippen LogP contribution in [0.25, 0.3) is 0 Å². The Morgan fingerprint density at radius 3 is 2.46 bits per heavy atom. The van der Waals surface area contributed by atoms with Crippen molar-refractivity contribution < 1.29 is 27.9 Å². The lowest BCUT2D eigenvalue weighted by molar-refractivity contribution is -0.142. The van der Waals surface area contributed by atoms with Crippen LogP contribution in [-0.4, -0.2) is 67.0 Å². The Bertz CT molecular complexity index is 619. The second-order valence-electron chi connectivity index (χ2n) is 6.90. The third kappa shape index (κ3) is 6.91. The molecule has 3 N–H and O–H groups in total. The normalized spacial score (nSPS) is 19.8. The fourth-order valence-electron chi connectivity index (χ4n) is 2.84. The summed E-state index contributed by atoms with van der Waals surface area (Å²) in [6, 6.07) is -1.00. The zero-order valence-electron chi connectivity index (χ0n) is 15.5. The first kappa shape index (κ1) is 22.4. The van der Waals surface area contributed by atoms with Crippen LogP contribution in [0.1, 0.15) is 40.0 Å². The molecule has 0 bridgehead atoms. The van der Waals surface area contributed by atoms with Crippen LogP contribution in [0.5, 0.6) is 0 Å². The third-order valence-electron chi connectivity index (χ3n) is 4.28. The van der Waals surface area contributed by atoms with E-state index in [1.807, 2.05) is 13.8 Å². The number of hydrogen-bond donors (Lipinski definition) is 3. The second kappa shape index (κ2) is 9.86. The van der Waals surface area contributed by atoms with Crippen LogP contribution in [0.15, 0.2) is 0 Å². The molecule has 1 aliphatic rings. The van der Waals surface area contributed by atoms with Crippen LogP contribution in [0.4, 0.5) is 0 Å². The Labute approximate surface area is 154 Å². The van der Waals surface area contributed by atoms with Crippen LogP contribution in [0.2, 0.25) is 0 Å². The zero-order valence-corrected chi connectivity index (χ0v) is 16.3. The summed E-state index contributed by atoms with van der Waals surface area (Å²) in [6.45, 7) is 5.42. The lowest BCUT2D eigenvalue weighted by Crippen LogP contribution is -2.49. The number of nitrogens with zero attached hydrogens (tertiary/aromatic N) is 1. The molecule has 150 valence electrons. The van der Waals surface area contributed by atoms with Gasteiger partial charge in [0.05, 0.1) is 18.2 Å². The van der Waals surface area contributed by atoms with Crippen LogP contribution >= 0.6 is 0 Å². The Morgan fingerprint density at radius 1 is 1.27 bits per heavy atom. The van der Waals surface area contributed by atoms with Gasteiger partial charge in [0.1, 0.15) is 6.04 Å². The van der Waals surface area contributed by atoms with Crippen LogP contribution in [-0.2, 0) is 24.4 Å². The first-order valence-corrected chi connectivity index (χ1v) is 10.5. The summed E-state index contributed by atoms with van der Waals surface area (Å²) in [5, 5.41) is 14.0. The molecule has 0 aromatic heterocycles. The topological polar surface area (TPSA) is 133 Å². The molecule has 2 amide bonds. The number of carbonyl (C=O) groups excluding carboxylic acids is 2. The number of aliphatic carboxylic acids is 1. The van der Waals surface area contributed by atoms with Gasteiger partial charge in [-0.1, -0.05) is 13.8 Å². The number of nitrogens with one attached hydrogen (secondary N) is 2. The molecule has 1 fully saturated rings. The van der Waals surface area contributed by atoms with Gasteiger partial charge in [-0.3, -0.25) is 9.59 Å². The van der Waals surface area contributed by atoms with Gasteiger partial charge in [-0.25, -0.2) is 17.5 Å². The molecule has 0 saturated carbocycles. The molecule has 0 aliphatic carbocycles. The van der Waals surface area contributed by atoms with Crippen LogP contribution in [0.3, 0.4) is 0 Å². The van der Waals surface area contributed by atoms with Gasteiger partial charge >= 0.3 is 5.97 Å². The number of piperidine rings is 1. The van der Waals surface area contributed by atoms with E-state index in [1.54, 1.807) is 6.92 Å². The van der Waals surface area contributed by atoms with Crippen molar-refractivity contribution in [3.8, 4) is 0 Å². The maximum atomic E-state index is 12.2. The predicted molar refractivity (Wildman–Crippen MR) is 95.8 cm³/mol. The molecule has 0 radical (unpaired) electrons. The minimum Gasteiger partial charge on any atom is -0.480 e. The Balaban J connectivity index is 2.52. The van der Waals surface area contributed by atoms with E-state index in [-0.39, 0.29) is 24.8 Å². The summed E-state index contributed by atoms with van der Waals surface area (Å²) in [7, 11) is -3.35. The van der Waals surface area contributed by atoms with E-state index in [9.17, 15) is 22.8 Å². The lowest BCUT2D eigenvalue weighted by Gasteiger charge is -2.30. The number of rotatable bonds is 9. The highest BCUT2D eigenvalue weighted by molar-refractivity contribution is 7.89. The zero-order chi connectivity index (χ0) is 19.9. The second-order valence-corrected chi connectivity index (χ2v) is 9.16. The Hall–Kier alpha value is -1.68. The summed E-state index contributed by atoms with van der Waals surface area (Å²) in [5.41, 5.74) is 0. The molecular weight excluding hydrogens is 362 g/mol. The van der Waals surface area contributed by atoms with Crippen molar-refractivity contribution in [3.05, 3.63) is 0 Å². The minimum atomic E-state index is -3.35. The number of amides is 2. The standard InChI is InChI=1S/C16H29N3O6S/c1-4-26(24,25)19-7-5-6-12(10-19)15(21)17-9-14(20)18-13(16(22)23)8-11(2)3/h11-13H,4-10H2,1-3H3,(H,17,21)(H,18,20)(H,22,23)/t12?,13-/m0/s1. The number of hydrogen-bond acceptors (Lipinski definition) is 5. The SMILES string of the molecule is CCS(=O)(=O)N1CCCC(C(=O)NCC(=O)N[C@@H](CC(C)C)C(=O)O)C1.